The molecule has 0 aliphatic rings. The topological polar surface area (TPSA) is 722 Å². The molecule has 0 saturated heterocycles. The Labute approximate surface area is 887 Å². The quantitative estimate of drug-likeness (QED) is 0.00303. The smallest absolute Gasteiger partial charge is 0.854 e. The Morgan fingerprint density at radius 1 is 0.563 bits per heavy atom. The van der Waals surface area contributed by atoms with Gasteiger partial charge in [-0.15, -0.1) is 27.4 Å². The average Bonchev–Trinajstić information content (AvgIpc) is 0.780. The van der Waals surface area contributed by atoms with Gasteiger partial charge in [0.15, 0.2) is 5.75 Å². The predicted octanol–water partition coefficient (Wildman–Crippen LogP) is 13.9. The molecule has 19 N–H and O–H groups in total. The second kappa shape index (κ2) is 69.1. The van der Waals surface area contributed by atoms with E-state index in [1.165, 1.54) is 91.8 Å². The molecule has 14 rings (SSSR count). The molecule has 14 aromatic rings. The molecule has 44 nitrogen and oxygen atoms in total. The largest absolute Gasteiger partial charge is 1.00 e. The summed E-state index contributed by atoms with van der Waals surface area (Å²) in [6.07, 6.45) is 10.7. The first-order chi connectivity index (χ1) is 65.8. The van der Waals surface area contributed by atoms with Gasteiger partial charge in [0.2, 0.25) is 26.7 Å². The zero-order valence-electron chi connectivity index (χ0n) is 73.9. The molecule has 0 fully saturated rings. The van der Waals surface area contributed by atoms with Crippen LogP contribution >= 0.6 is 83.6 Å². The molecule has 1 radical (unpaired) electrons. The van der Waals surface area contributed by atoms with Crippen LogP contribution in [0.4, 0.5) is 96.6 Å². The third-order valence-electron chi connectivity index (χ3n) is 15.5. The zero-order valence-corrected chi connectivity index (χ0v) is 87.6. The number of nitrogens with two attached hydrogens (primary N) is 3. The normalized spacial score (nSPS) is 10.0. The molecule has 0 unspecified atom stereocenters. The van der Waals surface area contributed by atoms with E-state index in [9.17, 15) is 99.5 Å². The number of hydrogen-bond acceptors (Lipinski definition) is 33. The first kappa shape index (κ1) is 131. The standard InChI is InChI=1S/C19H19ClFN4O3P.C14H7ClF2N4O2.C8H3ClFN3O2.C8H4FN3O3.C8H5FN2O.C7H6FNO2.C6H5ClFN.C5H12OP.CH3F.CH4N2.Ac.Cl2OS.H3NO3.Na.H2O4S.H2O/c1-29(2)7-3-6-28-18-10-16-13(9-17(18)25(26)27)19(23-11-22-16)24-12-4-5-15(21)14(20)8-12;15-9-3-7(1-2-10(9)16)20-14-8-4-13(21(22)23)11(17)5-12(8)18-6-19-14;9-8-4-1-7(13(14)15)5(10)2-6(4)11-3-12-8;9-5-2-6-4(1-7(5)12(14)15)8(13)11-3-10-6;9-5-1-2-6-7(3-5)10-4-11-8(6)12;8-4-1-2-5(7(10)11)6(9)3-4;7-5-3-4(9)1-2-6(5)8;1-7(2)5-3-4-6;1-2;2-1-3;;1-4(2)3;2-1-4-3;;1-5(2,3)4;/h4-5,8-11H,3,6-7H2,1-2H3,(H,22,23,24);1-6H,(H,18,19,20);1-3H;1-3H,(H,10,11,13);1-4H,(H,10,11,12);1-3H,9H2,(H,10,11);1-3H,9H2;3-5H2,1-2H3;1H3;1H,(H3,2,3);;;1-3H;;(H2,1,2,3,4);1H2/q;;;;;;;-1;;;;;;+1;;/i;;;;;;;;1D;;;;;;;. The molecule has 5 heterocycles. The third-order valence-corrected chi connectivity index (χ3v) is 19.1. The van der Waals surface area contributed by atoms with Gasteiger partial charge < -0.3 is 58.2 Å². The number of aromatic nitrogens is 10. The number of fused-ring (bicyclic) bond motifs is 5. The van der Waals surface area contributed by atoms with Crippen molar-refractivity contribution >= 4 is 227 Å². The van der Waals surface area contributed by atoms with E-state index in [4.69, 9.17) is 107 Å². The van der Waals surface area contributed by atoms with Crippen LogP contribution in [0.3, 0.4) is 0 Å². The van der Waals surface area contributed by atoms with E-state index < -0.39 is 116 Å². The number of carboxylic acids is 1. The number of anilines is 6. The number of carbonyl (C=O) groups is 1. The van der Waals surface area contributed by atoms with Crippen molar-refractivity contribution in [2.45, 2.75) is 12.8 Å². The molecule has 9 aromatic carbocycles. The molecule has 0 amide bonds. The van der Waals surface area contributed by atoms with Crippen LogP contribution in [0, 0.1) is 136 Å². The van der Waals surface area contributed by atoms with Gasteiger partial charge in [0, 0.05) is 148 Å². The molecule has 0 atom stereocenters. The summed E-state index contributed by atoms with van der Waals surface area (Å²) in [7, 11) is 1.85. The minimum atomic E-state index is -4.67. The van der Waals surface area contributed by atoms with E-state index in [1.54, 1.807) is 6.07 Å². The van der Waals surface area contributed by atoms with Crippen molar-refractivity contribution in [1.29, 1.82) is 5.41 Å². The molecule has 5 aromatic heterocycles. The minimum Gasteiger partial charge on any atom is -0.854 e. The second-order valence-corrected chi connectivity index (χ2v) is 35.8. The van der Waals surface area contributed by atoms with Gasteiger partial charge in [0.25, 0.3) is 11.1 Å². The van der Waals surface area contributed by atoms with Gasteiger partial charge in [-0.25, -0.2) is 76.1 Å². The maximum absolute atomic E-state index is 13.6. The van der Waals surface area contributed by atoms with Crippen LogP contribution in [-0.4, -0.2) is 184 Å². The number of benzene rings is 9. The number of nitro benzene ring substituents is 4. The van der Waals surface area contributed by atoms with E-state index in [-0.39, 0.29) is 194 Å². The van der Waals surface area contributed by atoms with Crippen molar-refractivity contribution in [3.63, 3.8) is 0 Å². The summed E-state index contributed by atoms with van der Waals surface area (Å²) < 4.78 is 166. The zero-order chi connectivity index (χ0) is 106. The van der Waals surface area contributed by atoms with Crippen molar-refractivity contribution in [3.05, 3.63) is 305 Å². The fourth-order valence-electron chi connectivity index (χ4n) is 9.78. The third kappa shape index (κ3) is 48.9. The first-order valence-electron chi connectivity index (χ1n) is 37.4. The van der Waals surface area contributed by atoms with Crippen molar-refractivity contribution in [2.24, 2.45) is 5.73 Å². The summed E-state index contributed by atoms with van der Waals surface area (Å²) in [5.74, 6) is -5.85. The number of aromatic amines is 2. The Hall–Kier alpha value is -11.0. The van der Waals surface area contributed by atoms with Gasteiger partial charge >= 0.3 is 68.7 Å². The van der Waals surface area contributed by atoms with Gasteiger partial charge in [0.1, 0.15) is 64.9 Å². The van der Waals surface area contributed by atoms with Gasteiger partial charge in [-0.1, -0.05) is 52.8 Å². The number of nitro groups is 4. The number of rotatable bonds is 18. The van der Waals surface area contributed by atoms with E-state index in [0.29, 0.717) is 51.3 Å². The Bertz CT molecular complexity index is 6860. The second-order valence-electron chi connectivity index (χ2n) is 25.6. The number of aromatic carboxylic acids is 1. The maximum Gasteiger partial charge on any atom is 1.00 e. The monoisotopic (exact) mass is 2420 g/mol. The number of alkyl halides is 1. The number of hydrogen-bond donors (Lipinski definition) is 14. The molecule has 65 heteroatoms. The van der Waals surface area contributed by atoms with Crippen LogP contribution in [0.25, 0.3) is 54.5 Å². The number of ether oxygens (including phenoxy) is 1. The molecule has 0 spiro atoms. The molecule has 757 valence electrons. The van der Waals surface area contributed by atoms with Gasteiger partial charge in [-0.3, -0.25) is 74.2 Å². The fourth-order valence-corrected chi connectivity index (χ4v) is 12.0. The van der Waals surface area contributed by atoms with Crippen LogP contribution in [0.2, 0.25) is 20.2 Å². The van der Waals surface area contributed by atoms with E-state index >= 15 is 0 Å². The Kier molecular flexibility index (Phi) is 63.7. The maximum atomic E-state index is 13.6. The molecule has 0 aliphatic carbocycles. The molecular weight excluding hydrogens is 2350 g/mol. The number of nitrogens with one attached hydrogen (secondary N) is 6. The number of halogens is 15. The van der Waals surface area contributed by atoms with Crippen LogP contribution in [-0.2, 0) is 24.6 Å². The van der Waals surface area contributed by atoms with E-state index in [0.717, 1.165) is 110 Å². The predicted molar refractivity (Wildman–Crippen MR) is 511 cm³/mol. The number of H-pyrrole nitrogens is 2. The SMILES string of the molecule is CP(C)CCCOc1cc2ncnc(Nc3ccc(F)c(Cl)c3)c2cc1[N+](=O)[O-].CP(C)CCC[O-].N=CN.Nc1cc(F)ccc1C(=O)O.Nc1ccc(F)c(Cl)c1.O.O=S(=O)(O)O.O=S(Cl)Cl.O=[N+]([O-])c1cc2c(Cl)ncnc2cc1F.O=[N+]([O-])c1cc2c(Nc3ccc(F)c(Cl)c3)ncnc2cc1F.O=c1[nH]cnc2cc(F)c([N+](=O)[O-])cc12.O=c1[nH]cnc2cc(F)ccc12.ONOO.[2H]CF.[Ac].[Na+]. The van der Waals surface area contributed by atoms with E-state index in [2.05, 4.69) is 119 Å². The number of nitrogen functional groups attached to an aromatic ring is 2. The number of nitrogens with zero attached hydrogens (tertiary/aromatic N) is 12. The van der Waals surface area contributed by atoms with Crippen LogP contribution in [0.15, 0.2) is 181 Å². The summed E-state index contributed by atoms with van der Waals surface area (Å²) in [5, 5.41) is 88.8. The Morgan fingerprint density at radius 3 is 1.30 bits per heavy atom. The van der Waals surface area contributed by atoms with Gasteiger partial charge in [-0.05, 0) is 136 Å². The summed E-state index contributed by atoms with van der Waals surface area (Å²) in [4.78, 5) is 111. The fraction of sp³-hybridized carbons (Fsp3) is 0.143. The van der Waals surface area contributed by atoms with Crippen LogP contribution in [0.5, 0.6) is 5.75 Å². The molecule has 0 aliphatic heterocycles. The van der Waals surface area contributed by atoms with Crippen LogP contribution in [0.1, 0.15) is 24.6 Å². The summed E-state index contributed by atoms with van der Waals surface area (Å²) in [6.45, 7) is 9.26. The first-order valence-corrected chi connectivity index (χ1v) is 47.2. The van der Waals surface area contributed by atoms with Crippen molar-refractivity contribution in [3.8, 4) is 5.75 Å². The molecule has 142 heavy (non-hydrogen) atoms. The molecule has 0 saturated carbocycles. The van der Waals surface area contributed by atoms with Gasteiger partial charge in [0.05, 0.1) is 124 Å². The average molecular weight is 2420 g/mol. The van der Waals surface area contributed by atoms with Crippen molar-refractivity contribution in [1.82, 2.24) is 55.5 Å². The Balaban J connectivity index is 0. The summed E-state index contributed by atoms with van der Waals surface area (Å²) >= 11 is 22.6. The van der Waals surface area contributed by atoms with Gasteiger partial charge in [-0.2, -0.15) is 21.6 Å². The van der Waals surface area contributed by atoms with Crippen molar-refractivity contribution in [2.75, 3.05) is 81.5 Å². The summed E-state index contributed by atoms with van der Waals surface area (Å²) in [5.41, 5.74) is 15.5. The number of carboxylic acid groups (broad SMARTS) is 1. The Morgan fingerprint density at radius 2 is 0.915 bits per heavy atom. The molecule has 0 bridgehead atoms. The molecular formula is C77H75AcCl6F9N21NaO23P2S2. The van der Waals surface area contributed by atoms with E-state index in [1.807, 2.05) is 0 Å². The van der Waals surface area contributed by atoms with Crippen molar-refractivity contribution < 1.29 is 197 Å². The summed E-state index contributed by atoms with van der Waals surface area (Å²) in [6, 6.07) is 27.8. The minimum absolute atomic E-state index is 0. The van der Waals surface area contributed by atoms with Crippen LogP contribution < -0.4 is 84.0 Å².